The molecule has 2 heteroatoms. The zero-order chi connectivity index (χ0) is 8.97. The Balaban J connectivity index is 2.36. The molecule has 1 aliphatic carbocycles. The summed E-state index contributed by atoms with van der Waals surface area (Å²) in [5.41, 5.74) is 6.10. The maximum Gasteiger partial charge on any atom is 0.00793 e. The lowest BCUT2D eigenvalue weighted by Gasteiger charge is -2.24. The summed E-state index contributed by atoms with van der Waals surface area (Å²) in [5, 5.41) is 0. The predicted molar refractivity (Wildman–Crippen MR) is 53.1 cm³/mol. The highest BCUT2D eigenvalue weighted by Crippen LogP contribution is 2.22. The predicted octanol–water partition coefficient (Wildman–Crippen LogP) is 1.46. The third kappa shape index (κ3) is 3.11. The van der Waals surface area contributed by atoms with Gasteiger partial charge < -0.3 is 10.6 Å². The molecular formula is C10H22N2. The molecule has 2 atom stereocenters. The Morgan fingerprint density at radius 2 is 1.83 bits per heavy atom. The van der Waals surface area contributed by atoms with Crippen molar-refractivity contribution in [2.24, 2.45) is 11.7 Å². The van der Waals surface area contributed by atoms with Gasteiger partial charge in [-0.3, -0.25) is 0 Å². The van der Waals surface area contributed by atoms with Crippen LogP contribution in [0.2, 0.25) is 0 Å². The normalized spacial score (nSPS) is 32.0. The minimum Gasteiger partial charge on any atom is -0.327 e. The van der Waals surface area contributed by atoms with Crippen molar-refractivity contribution in [1.29, 1.82) is 0 Å². The molecule has 72 valence electrons. The third-order valence-electron chi connectivity index (χ3n) is 2.82. The Morgan fingerprint density at radius 1 is 1.17 bits per heavy atom. The summed E-state index contributed by atoms with van der Waals surface area (Å²) in [6.45, 7) is 1.17. The van der Waals surface area contributed by atoms with Gasteiger partial charge in [-0.15, -0.1) is 0 Å². The molecule has 2 N–H and O–H groups in total. The molecule has 0 aromatic carbocycles. The van der Waals surface area contributed by atoms with Crippen LogP contribution in [-0.4, -0.2) is 31.6 Å². The molecule has 0 bridgehead atoms. The lowest BCUT2D eigenvalue weighted by molar-refractivity contribution is 0.278. The maximum atomic E-state index is 6.10. The largest absolute Gasteiger partial charge is 0.327 e. The average molecular weight is 170 g/mol. The molecule has 0 amide bonds. The standard InChI is InChI=1S/C10H22N2/c1-12(2)8-9-6-4-3-5-7-10(9)11/h9-10H,3-8,11H2,1-2H3/t9-,10+/m0/s1. The van der Waals surface area contributed by atoms with E-state index in [0.29, 0.717) is 6.04 Å². The van der Waals surface area contributed by atoms with Crippen LogP contribution in [0.5, 0.6) is 0 Å². The van der Waals surface area contributed by atoms with Gasteiger partial charge >= 0.3 is 0 Å². The van der Waals surface area contributed by atoms with Crippen molar-refractivity contribution in [1.82, 2.24) is 4.90 Å². The van der Waals surface area contributed by atoms with Crippen LogP contribution in [0.25, 0.3) is 0 Å². The van der Waals surface area contributed by atoms with E-state index in [1.54, 1.807) is 0 Å². The maximum absolute atomic E-state index is 6.10. The topological polar surface area (TPSA) is 29.3 Å². The van der Waals surface area contributed by atoms with Gasteiger partial charge in [0, 0.05) is 12.6 Å². The van der Waals surface area contributed by atoms with Crippen LogP contribution in [0.3, 0.4) is 0 Å². The fraction of sp³-hybridized carbons (Fsp3) is 1.00. The van der Waals surface area contributed by atoms with Crippen molar-refractivity contribution in [2.75, 3.05) is 20.6 Å². The van der Waals surface area contributed by atoms with Crippen LogP contribution in [0.1, 0.15) is 32.1 Å². The van der Waals surface area contributed by atoms with Crippen molar-refractivity contribution >= 4 is 0 Å². The summed E-state index contributed by atoms with van der Waals surface area (Å²) in [6.07, 6.45) is 6.67. The van der Waals surface area contributed by atoms with Gasteiger partial charge in [0.25, 0.3) is 0 Å². The molecule has 0 aromatic heterocycles. The number of nitrogens with zero attached hydrogens (tertiary/aromatic N) is 1. The van der Waals surface area contributed by atoms with Crippen molar-refractivity contribution in [2.45, 2.75) is 38.1 Å². The van der Waals surface area contributed by atoms with Gasteiger partial charge in [0.1, 0.15) is 0 Å². The minimum absolute atomic E-state index is 0.454. The Morgan fingerprint density at radius 3 is 2.50 bits per heavy atom. The molecule has 0 saturated heterocycles. The lowest BCUT2D eigenvalue weighted by atomic mass is 9.95. The van der Waals surface area contributed by atoms with E-state index in [1.807, 2.05) is 0 Å². The van der Waals surface area contributed by atoms with E-state index < -0.39 is 0 Å². The highest BCUT2D eigenvalue weighted by atomic mass is 15.1. The van der Waals surface area contributed by atoms with Gasteiger partial charge in [-0.25, -0.2) is 0 Å². The van der Waals surface area contributed by atoms with Crippen molar-refractivity contribution < 1.29 is 0 Å². The van der Waals surface area contributed by atoms with Gasteiger partial charge in [-0.2, -0.15) is 0 Å². The average Bonchev–Trinajstić information content (AvgIpc) is 2.16. The molecule has 1 rings (SSSR count). The summed E-state index contributed by atoms with van der Waals surface area (Å²) in [7, 11) is 4.27. The van der Waals surface area contributed by atoms with Gasteiger partial charge in [-0.1, -0.05) is 19.3 Å². The van der Waals surface area contributed by atoms with Crippen LogP contribution in [0.4, 0.5) is 0 Å². The first-order valence-corrected chi connectivity index (χ1v) is 5.10. The first-order chi connectivity index (χ1) is 5.70. The number of hydrogen-bond donors (Lipinski definition) is 1. The van der Waals surface area contributed by atoms with Crippen molar-refractivity contribution in [3.8, 4) is 0 Å². The van der Waals surface area contributed by atoms with Crippen molar-refractivity contribution in [3.05, 3.63) is 0 Å². The zero-order valence-corrected chi connectivity index (χ0v) is 8.42. The van der Waals surface area contributed by atoms with Gasteiger partial charge in [0.15, 0.2) is 0 Å². The first-order valence-electron chi connectivity index (χ1n) is 5.10. The Labute approximate surface area is 76.1 Å². The Bertz CT molecular complexity index is 123. The van der Waals surface area contributed by atoms with E-state index in [4.69, 9.17) is 5.73 Å². The van der Waals surface area contributed by atoms with E-state index in [9.17, 15) is 0 Å². The van der Waals surface area contributed by atoms with Crippen LogP contribution in [-0.2, 0) is 0 Å². The van der Waals surface area contributed by atoms with Crippen molar-refractivity contribution in [3.63, 3.8) is 0 Å². The molecule has 0 radical (unpaired) electrons. The summed E-state index contributed by atoms with van der Waals surface area (Å²) < 4.78 is 0. The molecule has 12 heavy (non-hydrogen) atoms. The van der Waals surface area contributed by atoms with E-state index >= 15 is 0 Å². The smallest absolute Gasteiger partial charge is 0.00793 e. The van der Waals surface area contributed by atoms with E-state index in [-0.39, 0.29) is 0 Å². The molecule has 0 heterocycles. The van der Waals surface area contributed by atoms with E-state index in [2.05, 4.69) is 19.0 Å². The molecule has 0 spiro atoms. The Kier molecular flexibility index (Phi) is 4.02. The first kappa shape index (κ1) is 10.0. The van der Waals surface area contributed by atoms with Crippen LogP contribution >= 0.6 is 0 Å². The minimum atomic E-state index is 0.454. The molecular weight excluding hydrogens is 148 g/mol. The second-order valence-electron chi connectivity index (χ2n) is 4.32. The third-order valence-corrected chi connectivity index (χ3v) is 2.82. The fourth-order valence-electron chi connectivity index (χ4n) is 2.11. The quantitative estimate of drug-likeness (QED) is 0.636. The van der Waals surface area contributed by atoms with E-state index in [0.717, 1.165) is 5.92 Å². The number of hydrogen-bond acceptors (Lipinski definition) is 2. The van der Waals surface area contributed by atoms with Crippen LogP contribution in [0, 0.1) is 5.92 Å². The summed E-state index contributed by atoms with van der Waals surface area (Å²) in [5.74, 6) is 0.738. The zero-order valence-electron chi connectivity index (χ0n) is 8.42. The lowest BCUT2D eigenvalue weighted by Crippen LogP contribution is -2.35. The summed E-state index contributed by atoms with van der Waals surface area (Å²) in [4.78, 5) is 2.26. The molecule has 1 fully saturated rings. The monoisotopic (exact) mass is 170 g/mol. The van der Waals surface area contributed by atoms with Crippen LogP contribution in [0.15, 0.2) is 0 Å². The fourth-order valence-corrected chi connectivity index (χ4v) is 2.11. The molecule has 2 nitrogen and oxygen atoms in total. The molecule has 1 aliphatic rings. The molecule has 1 saturated carbocycles. The van der Waals surface area contributed by atoms with Crippen LogP contribution < -0.4 is 5.73 Å². The summed E-state index contributed by atoms with van der Waals surface area (Å²) >= 11 is 0. The van der Waals surface area contributed by atoms with Gasteiger partial charge in [-0.05, 0) is 32.9 Å². The highest BCUT2D eigenvalue weighted by molar-refractivity contribution is 4.77. The second-order valence-corrected chi connectivity index (χ2v) is 4.32. The number of rotatable bonds is 2. The molecule has 0 aliphatic heterocycles. The SMILES string of the molecule is CN(C)C[C@@H]1CCCCC[C@H]1N. The highest BCUT2D eigenvalue weighted by Gasteiger charge is 2.20. The van der Waals surface area contributed by atoms with Gasteiger partial charge in [0.05, 0.1) is 0 Å². The second kappa shape index (κ2) is 4.83. The number of nitrogens with two attached hydrogens (primary N) is 1. The Hall–Kier alpha value is -0.0800. The molecule has 0 aromatic rings. The molecule has 0 unspecified atom stereocenters. The summed E-state index contributed by atoms with van der Waals surface area (Å²) in [6, 6.07) is 0.454. The van der Waals surface area contributed by atoms with E-state index in [1.165, 1.54) is 38.6 Å². The van der Waals surface area contributed by atoms with Gasteiger partial charge in [0.2, 0.25) is 0 Å².